The van der Waals surface area contributed by atoms with Gasteiger partial charge in [-0.2, -0.15) is 0 Å². The van der Waals surface area contributed by atoms with Crippen LogP contribution in [0.3, 0.4) is 0 Å². The number of aromatic nitrogens is 1. The topological polar surface area (TPSA) is 53.8 Å². The predicted octanol–water partition coefficient (Wildman–Crippen LogP) is 1.48. The monoisotopic (exact) mass is 195 g/mol. The zero-order valence-electron chi connectivity index (χ0n) is 9.14. The number of nitrogens with two attached hydrogens (primary N) is 1. The Morgan fingerprint density at radius 1 is 1.50 bits per heavy atom. The van der Waals surface area contributed by atoms with Crippen LogP contribution in [0.15, 0.2) is 18.5 Å². The van der Waals surface area contributed by atoms with Crippen molar-refractivity contribution in [2.45, 2.75) is 26.8 Å². The van der Waals surface area contributed by atoms with Gasteiger partial charge in [0.1, 0.15) is 0 Å². The molecule has 0 fully saturated rings. The molecule has 0 aliphatic rings. The maximum absolute atomic E-state index is 5.65. The van der Waals surface area contributed by atoms with Gasteiger partial charge in [-0.1, -0.05) is 13.8 Å². The lowest BCUT2D eigenvalue weighted by Crippen LogP contribution is -2.28. The highest BCUT2D eigenvalue weighted by Crippen LogP contribution is 2.16. The van der Waals surface area contributed by atoms with Crippen LogP contribution in [0.4, 0.5) is 0 Å². The van der Waals surface area contributed by atoms with Crippen molar-refractivity contribution in [3.8, 4) is 0 Å². The van der Waals surface area contributed by atoms with Crippen molar-refractivity contribution in [2.24, 2.45) is 11.1 Å². The molecule has 1 aromatic rings. The average Bonchev–Trinajstić information content (AvgIpc) is 2.65. The van der Waals surface area contributed by atoms with Crippen molar-refractivity contribution in [1.29, 1.82) is 0 Å². The van der Waals surface area contributed by atoms with Gasteiger partial charge in [-0.25, -0.2) is 0 Å². The predicted molar refractivity (Wildman–Crippen MR) is 60.0 cm³/mol. The highest BCUT2D eigenvalue weighted by Gasteiger charge is 2.13. The van der Waals surface area contributed by atoms with E-state index in [9.17, 15) is 0 Å². The lowest BCUT2D eigenvalue weighted by molar-refractivity contribution is 0.339. The number of nitrogens with one attached hydrogen (secondary N) is 2. The van der Waals surface area contributed by atoms with Gasteiger partial charge in [0, 0.05) is 18.9 Å². The molecule has 0 saturated heterocycles. The summed E-state index contributed by atoms with van der Waals surface area (Å²) in [5, 5.41) is 3.40. The van der Waals surface area contributed by atoms with E-state index in [2.05, 4.69) is 30.2 Å². The van der Waals surface area contributed by atoms with E-state index in [0.717, 1.165) is 26.1 Å². The van der Waals surface area contributed by atoms with E-state index in [1.54, 1.807) is 0 Å². The van der Waals surface area contributed by atoms with E-state index in [0.29, 0.717) is 0 Å². The van der Waals surface area contributed by atoms with Gasteiger partial charge >= 0.3 is 0 Å². The Morgan fingerprint density at radius 2 is 2.29 bits per heavy atom. The number of rotatable bonds is 6. The molecule has 1 rings (SSSR count). The molecule has 0 spiro atoms. The third-order valence-electron chi connectivity index (χ3n) is 2.52. The summed E-state index contributed by atoms with van der Waals surface area (Å²) in [6.45, 7) is 7.11. The molecule has 3 nitrogen and oxygen atoms in total. The van der Waals surface area contributed by atoms with E-state index in [-0.39, 0.29) is 5.41 Å². The molecule has 1 aromatic heterocycles. The second-order valence-electron chi connectivity index (χ2n) is 4.51. The van der Waals surface area contributed by atoms with Crippen LogP contribution in [0.1, 0.15) is 25.8 Å². The fraction of sp³-hybridized carbons (Fsp3) is 0.636. The van der Waals surface area contributed by atoms with Crippen molar-refractivity contribution in [3.63, 3.8) is 0 Å². The SMILES string of the molecule is CC(C)(CN)CCNCc1cc[nH]c1. The van der Waals surface area contributed by atoms with Crippen molar-refractivity contribution in [1.82, 2.24) is 10.3 Å². The molecule has 0 aliphatic heterocycles. The fourth-order valence-corrected chi connectivity index (χ4v) is 1.23. The Morgan fingerprint density at radius 3 is 2.86 bits per heavy atom. The first kappa shape index (κ1) is 11.3. The van der Waals surface area contributed by atoms with Gasteiger partial charge in [0.2, 0.25) is 0 Å². The summed E-state index contributed by atoms with van der Waals surface area (Å²) in [5.74, 6) is 0. The smallest absolute Gasteiger partial charge is 0.0220 e. The van der Waals surface area contributed by atoms with Crippen LogP contribution in [0.5, 0.6) is 0 Å². The van der Waals surface area contributed by atoms with Crippen molar-refractivity contribution in [2.75, 3.05) is 13.1 Å². The Labute approximate surface area is 86.1 Å². The van der Waals surface area contributed by atoms with Gasteiger partial charge in [-0.05, 0) is 36.6 Å². The Bertz CT molecular complexity index is 239. The molecular formula is C11H21N3. The number of aromatic amines is 1. The number of hydrogen-bond acceptors (Lipinski definition) is 2. The Hall–Kier alpha value is -0.800. The molecule has 0 aromatic carbocycles. The molecule has 3 heteroatoms. The molecule has 0 atom stereocenters. The zero-order chi connectivity index (χ0) is 10.4. The quantitative estimate of drug-likeness (QED) is 0.602. The molecule has 4 N–H and O–H groups in total. The third-order valence-corrected chi connectivity index (χ3v) is 2.52. The minimum atomic E-state index is 0.255. The van der Waals surface area contributed by atoms with E-state index in [1.165, 1.54) is 5.56 Å². The van der Waals surface area contributed by atoms with E-state index >= 15 is 0 Å². The molecule has 0 saturated carbocycles. The summed E-state index contributed by atoms with van der Waals surface area (Å²) in [4.78, 5) is 3.04. The van der Waals surface area contributed by atoms with Gasteiger partial charge in [0.25, 0.3) is 0 Å². The standard InChI is InChI=1S/C11H21N3/c1-11(2,9-12)4-6-14-8-10-3-5-13-7-10/h3,5,7,13-14H,4,6,8-9,12H2,1-2H3. The van der Waals surface area contributed by atoms with Crippen LogP contribution in [0.25, 0.3) is 0 Å². The molecule has 80 valence electrons. The number of hydrogen-bond donors (Lipinski definition) is 3. The number of H-pyrrole nitrogens is 1. The van der Waals surface area contributed by atoms with Crippen molar-refractivity contribution < 1.29 is 0 Å². The van der Waals surface area contributed by atoms with Crippen LogP contribution >= 0.6 is 0 Å². The van der Waals surface area contributed by atoms with Crippen molar-refractivity contribution in [3.05, 3.63) is 24.0 Å². The summed E-state index contributed by atoms with van der Waals surface area (Å²) in [5.41, 5.74) is 7.21. The molecule has 1 heterocycles. The summed E-state index contributed by atoms with van der Waals surface area (Å²) < 4.78 is 0. The normalized spacial score (nSPS) is 11.9. The molecule has 0 bridgehead atoms. The van der Waals surface area contributed by atoms with E-state index < -0.39 is 0 Å². The average molecular weight is 195 g/mol. The first-order chi connectivity index (χ1) is 6.64. The fourth-order valence-electron chi connectivity index (χ4n) is 1.23. The highest BCUT2D eigenvalue weighted by atomic mass is 14.9. The highest BCUT2D eigenvalue weighted by molar-refractivity contribution is 5.07. The Kier molecular flexibility index (Phi) is 4.17. The van der Waals surface area contributed by atoms with Gasteiger partial charge in [-0.3, -0.25) is 0 Å². The molecular weight excluding hydrogens is 174 g/mol. The largest absolute Gasteiger partial charge is 0.367 e. The lowest BCUT2D eigenvalue weighted by atomic mass is 9.90. The first-order valence-corrected chi connectivity index (χ1v) is 5.16. The molecule has 0 radical (unpaired) electrons. The van der Waals surface area contributed by atoms with Crippen LogP contribution in [-0.4, -0.2) is 18.1 Å². The van der Waals surface area contributed by atoms with Crippen LogP contribution in [0.2, 0.25) is 0 Å². The molecule has 0 unspecified atom stereocenters. The van der Waals surface area contributed by atoms with E-state index in [1.807, 2.05) is 12.4 Å². The molecule has 0 aliphatic carbocycles. The Balaban J connectivity index is 2.11. The minimum Gasteiger partial charge on any atom is -0.367 e. The maximum Gasteiger partial charge on any atom is 0.0220 e. The molecule has 0 amide bonds. The second kappa shape index (κ2) is 5.17. The molecule has 14 heavy (non-hydrogen) atoms. The van der Waals surface area contributed by atoms with Crippen molar-refractivity contribution >= 4 is 0 Å². The van der Waals surface area contributed by atoms with Crippen LogP contribution < -0.4 is 11.1 Å². The minimum absolute atomic E-state index is 0.255. The van der Waals surface area contributed by atoms with Crippen LogP contribution in [0, 0.1) is 5.41 Å². The van der Waals surface area contributed by atoms with Gasteiger partial charge in [0.15, 0.2) is 0 Å². The third kappa shape index (κ3) is 3.94. The summed E-state index contributed by atoms with van der Waals surface area (Å²) in [7, 11) is 0. The van der Waals surface area contributed by atoms with Gasteiger partial charge in [-0.15, -0.1) is 0 Å². The second-order valence-corrected chi connectivity index (χ2v) is 4.51. The zero-order valence-corrected chi connectivity index (χ0v) is 9.14. The lowest BCUT2D eigenvalue weighted by Gasteiger charge is -2.22. The summed E-state index contributed by atoms with van der Waals surface area (Å²) >= 11 is 0. The van der Waals surface area contributed by atoms with Gasteiger partial charge in [0.05, 0.1) is 0 Å². The van der Waals surface area contributed by atoms with Gasteiger partial charge < -0.3 is 16.0 Å². The first-order valence-electron chi connectivity index (χ1n) is 5.16. The summed E-state index contributed by atoms with van der Waals surface area (Å²) in [6.07, 6.45) is 5.08. The van der Waals surface area contributed by atoms with E-state index in [4.69, 9.17) is 5.73 Å². The summed E-state index contributed by atoms with van der Waals surface area (Å²) in [6, 6.07) is 2.08. The maximum atomic E-state index is 5.65. The van der Waals surface area contributed by atoms with Crippen LogP contribution in [-0.2, 0) is 6.54 Å².